The fourth-order valence-electron chi connectivity index (χ4n) is 1.41. The summed E-state index contributed by atoms with van der Waals surface area (Å²) in [5.41, 5.74) is 12.3. The van der Waals surface area contributed by atoms with Gasteiger partial charge in [0, 0.05) is 5.56 Å². The van der Waals surface area contributed by atoms with Crippen molar-refractivity contribution >= 4 is 11.8 Å². The molecule has 0 aliphatic carbocycles. The van der Waals surface area contributed by atoms with Crippen molar-refractivity contribution in [2.75, 3.05) is 0 Å². The summed E-state index contributed by atoms with van der Waals surface area (Å²) in [4.78, 5) is 22.2. The fraction of sp³-hybridized carbons (Fsp3) is 0.273. The second kappa shape index (κ2) is 4.13. The number of hydrogen-bond acceptors (Lipinski definition) is 2. The van der Waals surface area contributed by atoms with E-state index in [-0.39, 0.29) is 0 Å². The first-order valence-electron chi connectivity index (χ1n) is 4.63. The van der Waals surface area contributed by atoms with Gasteiger partial charge in [0.15, 0.2) is 0 Å². The number of carbonyl (C=O) groups is 2. The molecule has 1 aromatic rings. The zero-order valence-corrected chi connectivity index (χ0v) is 8.78. The minimum atomic E-state index is -0.540. The topological polar surface area (TPSA) is 86.2 Å². The normalized spacial score (nSPS) is 12.1. The van der Waals surface area contributed by atoms with Gasteiger partial charge in [0.2, 0.25) is 11.8 Å². The summed E-state index contributed by atoms with van der Waals surface area (Å²) >= 11 is 0. The number of aryl methyl sites for hydroxylation is 1. The Kier molecular flexibility index (Phi) is 3.09. The maximum Gasteiger partial charge on any atom is 0.249 e. The number of amides is 2. The predicted octanol–water partition coefficient (Wildman–Crippen LogP) is 0.683. The highest BCUT2D eigenvalue weighted by atomic mass is 16.1. The van der Waals surface area contributed by atoms with Crippen LogP contribution in [-0.2, 0) is 4.79 Å². The lowest BCUT2D eigenvalue weighted by Crippen LogP contribution is -2.23. The molecule has 0 aromatic heterocycles. The van der Waals surface area contributed by atoms with E-state index in [0.717, 1.165) is 5.56 Å². The molecule has 0 heterocycles. The van der Waals surface area contributed by atoms with Crippen LogP contribution >= 0.6 is 0 Å². The highest BCUT2D eigenvalue weighted by Crippen LogP contribution is 2.20. The van der Waals surface area contributed by atoms with Gasteiger partial charge in [0.25, 0.3) is 0 Å². The molecule has 1 atom stereocenters. The SMILES string of the molecule is Cc1ccc([C@H](C)C(N)=O)c(C(N)=O)c1. The molecule has 2 amide bonds. The van der Waals surface area contributed by atoms with Crippen molar-refractivity contribution in [1.29, 1.82) is 0 Å². The molecule has 0 aliphatic heterocycles. The molecule has 4 N–H and O–H groups in total. The van der Waals surface area contributed by atoms with Gasteiger partial charge in [-0.05, 0) is 25.5 Å². The highest BCUT2D eigenvalue weighted by Gasteiger charge is 2.18. The lowest BCUT2D eigenvalue weighted by atomic mass is 9.93. The Morgan fingerprint density at radius 2 is 1.87 bits per heavy atom. The molecule has 4 heteroatoms. The zero-order chi connectivity index (χ0) is 11.6. The van der Waals surface area contributed by atoms with Gasteiger partial charge >= 0.3 is 0 Å². The molecule has 4 nitrogen and oxygen atoms in total. The standard InChI is InChI=1S/C11H14N2O2/c1-6-3-4-8(7(2)10(12)14)9(5-6)11(13)15/h3-5,7H,1-2H3,(H2,12,14)(H2,13,15)/t7-/m0/s1. The number of carbonyl (C=O) groups excluding carboxylic acids is 2. The van der Waals surface area contributed by atoms with E-state index in [1.165, 1.54) is 0 Å². The van der Waals surface area contributed by atoms with Crippen molar-refractivity contribution in [2.45, 2.75) is 19.8 Å². The Morgan fingerprint density at radius 3 is 2.33 bits per heavy atom. The minimum absolute atomic E-state index is 0.362. The molecule has 1 rings (SSSR count). The van der Waals surface area contributed by atoms with Crippen molar-refractivity contribution in [2.24, 2.45) is 11.5 Å². The van der Waals surface area contributed by atoms with E-state index >= 15 is 0 Å². The molecule has 0 aliphatic rings. The van der Waals surface area contributed by atoms with Crippen LogP contribution in [0.25, 0.3) is 0 Å². The lowest BCUT2D eigenvalue weighted by molar-refractivity contribution is -0.119. The molecule has 1 aromatic carbocycles. The molecule has 15 heavy (non-hydrogen) atoms. The third kappa shape index (κ3) is 2.34. The average molecular weight is 206 g/mol. The second-order valence-corrected chi connectivity index (χ2v) is 3.58. The third-order valence-electron chi connectivity index (χ3n) is 2.37. The van der Waals surface area contributed by atoms with Gasteiger partial charge in [0.1, 0.15) is 0 Å². The van der Waals surface area contributed by atoms with Gasteiger partial charge in [-0.1, -0.05) is 17.7 Å². The van der Waals surface area contributed by atoms with E-state index in [2.05, 4.69) is 0 Å². The van der Waals surface area contributed by atoms with Crippen LogP contribution in [0.1, 0.15) is 34.3 Å². The summed E-state index contributed by atoms with van der Waals surface area (Å²) in [5, 5.41) is 0. The first-order chi connectivity index (χ1) is 6.93. The number of rotatable bonds is 3. The first-order valence-corrected chi connectivity index (χ1v) is 4.63. The van der Waals surface area contributed by atoms with Crippen LogP contribution in [0.5, 0.6) is 0 Å². The van der Waals surface area contributed by atoms with Crippen LogP contribution in [0.4, 0.5) is 0 Å². The molecule has 0 bridgehead atoms. The summed E-state index contributed by atoms with van der Waals surface area (Å²) < 4.78 is 0. The Bertz CT molecular complexity index is 413. The molecular formula is C11H14N2O2. The van der Waals surface area contributed by atoms with Crippen LogP contribution in [0.2, 0.25) is 0 Å². The number of primary amides is 2. The van der Waals surface area contributed by atoms with E-state index in [4.69, 9.17) is 11.5 Å². The summed E-state index contributed by atoms with van der Waals surface area (Å²) in [7, 11) is 0. The maximum absolute atomic E-state index is 11.2. The number of hydrogen-bond donors (Lipinski definition) is 2. The highest BCUT2D eigenvalue weighted by molar-refractivity contribution is 5.96. The summed E-state index contributed by atoms with van der Waals surface area (Å²) in [5.74, 6) is -1.52. The van der Waals surface area contributed by atoms with Crippen molar-refractivity contribution in [3.8, 4) is 0 Å². The fourth-order valence-corrected chi connectivity index (χ4v) is 1.41. The summed E-state index contributed by atoms with van der Waals surface area (Å²) in [6.45, 7) is 3.50. The third-order valence-corrected chi connectivity index (χ3v) is 2.37. The van der Waals surface area contributed by atoms with Gasteiger partial charge in [-0.25, -0.2) is 0 Å². The minimum Gasteiger partial charge on any atom is -0.369 e. The van der Waals surface area contributed by atoms with E-state index in [0.29, 0.717) is 11.1 Å². The molecule has 0 saturated heterocycles. The van der Waals surface area contributed by atoms with Gasteiger partial charge in [0.05, 0.1) is 5.92 Å². The second-order valence-electron chi connectivity index (χ2n) is 3.58. The molecule has 0 unspecified atom stereocenters. The lowest BCUT2D eigenvalue weighted by Gasteiger charge is -2.12. The van der Waals surface area contributed by atoms with Gasteiger partial charge in [-0.15, -0.1) is 0 Å². The van der Waals surface area contributed by atoms with E-state index in [1.807, 2.05) is 13.0 Å². The Morgan fingerprint density at radius 1 is 1.27 bits per heavy atom. The van der Waals surface area contributed by atoms with Crippen LogP contribution in [-0.4, -0.2) is 11.8 Å². The number of benzene rings is 1. The van der Waals surface area contributed by atoms with Crippen LogP contribution in [0.15, 0.2) is 18.2 Å². The number of nitrogens with two attached hydrogens (primary N) is 2. The summed E-state index contributed by atoms with van der Waals surface area (Å²) in [6, 6.07) is 5.20. The zero-order valence-electron chi connectivity index (χ0n) is 8.78. The smallest absolute Gasteiger partial charge is 0.249 e. The maximum atomic E-state index is 11.2. The largest absolute Gasteiger partial charge is 0.369 e. The van der Waals surface area contributed by atoms with Gasteiger partial charge < -0.3 is 11.5 Å². The van der Waals surface area contributed by atoms with Crippen LogP contribution < -0.4 is 11.5 Å². The predicted molar refractivity (Wildman–Crippen MR) is 57.3 cm³/mol. The summed E-state index contributed by atoms with van der Waals surface area (Å²) in [6.07, 6.45) is 0. The van der Waals surface area contributed by atoms with E-state index < -0.39 is 17.7 Å². The van der Waals surface area contributed by atoms with Gasteiger partial charge in [-0.3, -0.25) is 9.59 Å². The molecule has 0 radical (unpaired) electrons. The van der Waals surface area contributed by atoms with E-state index in [9.17, 15) is 9.59 Å². The van der Waals surface area contributed by atoms with Crippen molar-refractivity contribution < 1.29 is 9.59 Å². The average Bonchev–Trinajstić information content (AvgIpc) is 2.16. The molecule has 0 fully saturated rings. The molecule has 80 valence electrons. The van der Waals surface area contributed by atoms with Crippen LogP contribution in [0, 0.1) is 6.92 Å². The Labute approximate surface area is 88.3 Å². The Balaban J connectivity index is 3.28. The molecular weight excluding hydrogens is 192 g/mol. The van der Waals surface area contributed by atoms with E-state index in [1.54, 1.807) is 19.1 Å². The monoisotopic (exact) mass is 206 g/mol. The Hall–Kier alpha value is -1.84. The molecule has 0 saturated carbocycles. The molecule has 0 spiro atoms. The van der Waals surface area contributed by atoms with Crippen molar-refractivity contribution in [3.05, 3.63) is 34.9 Å². The van der Waals surface area contributed by atoms with Gasteiger partial charge in [-0.2, -0.15) is 0 Å². The van der Waals surface area contributed by atoms with Crippen molar-refractivity contribution in [3.63, 3.8) is 0 Å². The van der Waals surface area contributed by atoms with Crippen molar-refractivity contribution in [1.82, 2.24) is 0 Å². The quantitative estimate of drug-likeness (QED) is 0.762. The van der Waals surface area contributed by atoms with Crippen LogP contribution in [0.3, 0.4) is 0 Å². The first kappa shape index (κ1) is 11.2.